The zero-order valence-corrected chi connectivity index (χ0v) is 11.6. The Labute approximate surface area is 117 Å². The van der Waals surface area contributed by atoms with Crippen LogP contribution in [0.25, 0.3) is 0 Å². The van der Waals surface area contributed by atoms with E-state index >= 15 is 0 Å². The Balaban J connectivity index is 1.93. The van der Waals surface area contributed by atoms with E-state index in [1.54, 1.807) is 12.1 Å². The second-order valence-electron chi connectivity index (χ2n) is 4.20. The van der Waals surface area contributed by atoms with Crippen molar-refractivity contribution in [1.29, 1.82) is 0 Å². The highest BCUT2D eigenvalue weighted by molar-refractivity contribution is 7.80. The van der Waals surface area contributed by atoms with E-state index in [1.807, 2.05) is 6.07 Å². The molecule has 0 bridgehead atoms. The summed E-state index contributed by atoms with van der Waals surface area (Å²) in [6.45, 7) is 0. The topological polar surface area (TPSA) is 24.1 Å². The molecule has 0 saturated heterocycles. The minimum absolute atomic E-state index is 0.501. The van der Waals surface area contributed by atoms with Gasteiger partial charge in [-0.3, -0.25) is 0 Å². The maximum atomic E-state index is 6.06. The van der Waals surface area contributed by atoms with Crippen LogP contribution in [0.2, 0.25) is 10.0 Å². The lowest BCUT2D eigenvalue weighted by atomic mass is 10.2. The summed E-state index contributed by atoms with van der Waals surface area (Å²) >= 11 is 17.1. The summed E-state index contributed by atoms with van der Waals surface area (Å²) < 4.78 is 0. The predicted octanol–water partition coefficient (Wildman–Crippen LogP) is 4.22. The summed E-state index contributed by atoms with van der Waals surface area (Å²) in [6, 6.07) is 5.81. The van der Waals surface area contributed by atoms with Crippen molar-refractivity contribution in [3.8, 4) is 0 Å². The highest BCUT2D eigenvalue weighted by Crippen LogP contribution is 2.25. The zero-order chi connectivity index (χ0) is 12.3. The van der Waals surface area contributed by atoms with E-state index in [0.717, 1.165) is 5.69 Å². The van der Waals surface area contributed by atoms with Gasteiger partial charge < -0.3 is 10.6 Å². The van der Waals surface area contributed by atoms with Crippen LogP contribution in [0.4, 0.5) is 5.69 Å². The molecule has 1 saturated carbocycles. The lowest BCUT2D eigenvalue weighted by Crippen LogP contribution is -2.35. The van der Waals surface area contributed by atoms with Crippen molar-refractivity contribution in [3.63, 3.8) is 0 Å². The second-order valence-corrected chi connectivity index (χ2v) is 5.46. The first-order chi connectivity index (χ1) is 8.15. The third-order valence-corrected chi connectivity index (χ3v) is 3.64. The molecule has 1 aliphatic carbocycles. The number of benzene rings is 1. The molecule has 5 heteroatoms. The van der Waals surface area contributed by atoms with Crippen LogP contribution in [0, 0.1) is 0 Å². The van der Waals surface area contributed by atoms with Crippen molar-refractivity contribution in [2.75, 3.05) is 5.32 Å². The molecule has 2 N–H and O–H groups in total. The summed E-state index contributed by atoms with van der Waals surface area (Å²) in [5.74, 6) is 0. The number of anilines is 1. The molecule has 0 spiro atoms. The van der Waals surface area contributed by atoms with Crippen LogP contribution in [0.1, 0.15) is 25.7 Å². The van der Waals surface area contributed by atoms with Gasteiger partial charge in [0.2, 0.25) is 0 Å². The monoisotopic (exact) mass is 288 g/mol. The summed E-state index contributed by atoms with van der Waals surface area (Å²) in [4.78, 5) is 0. The molecule has 92 valence electrons. The van der Waals surface area contributed by atoms with Crippen molar-refractivity contribution in [1.82, 2.24) is 5.32 Å². The average molecular weight is 289 g/mol. The molecule has 17 heavy (non-hydrogen) atoms. The van der Waals surface area contributed by atoms with E-state index < -0.39 is 0 Å². The Morgan fingerprint density at radius 3 is 2.59 bits per heavy atom. The van der Waals surface area contributed by atoms with Gasteiger partial charge in [0, 0.05) is 11.1 Å². The van der Waals surface area contributed by atoms with Crippen LogP contribution in [-0.2, 0) is 0 Å². The first kappa shape index (κ1) is 12.9. The number of rotatable bonds is 2. The van der Waals surface area contributed by atoms with Gasteiger partial charge in [-0.1, -0.05) is 36.0 Å². The van der Waals surface area contributed by atoms with Gasteiger partial charge in [0.05, 0.1) is 10.7 Å². The number of hydrogen-bond acceptors (Lipinski definition) is 1. The molecule has 1 fully saturated rings. The van der Waals surface area contributed by atoms with Gasteiger partial charge in [0.1, 0.15) is 0 Å². The molecule has 0 radical (unpaired) electrons. The zero-order valence-electron chi connectivity index (χ0n) is 9.30. The standard InChI is InChI=1S/C12H14Cl2N2S/c13-8-5-6-11(10(14)7-8)16-12(17)15-9-3-1-2-4-9/h5-7,9H,1-4H2,(H2,15,16,17). The lowest BCUT2D eigenvalue weighted by Gasteiger charge is -2.16. The number of halogens is 2. The average Bonchev–Trinajstić information content (AvgIpc) is 2.75. The minimum atomic E-state index is 0.501. The fourth-order valence-corrected chi connectivity index (χ4v) is 2.74. The molecule has 2 rings (SSSR count). The lowest BCUT2D eigenvalue weighted by molar-refractivity contribution is 0.634. The predicted molar refractivity (Wildman–Crippen MR) is 78.1 cm³/mol. The Bertz CT molecular complexity index is 417. The van der Waals surface area contributed by atoms with Crippen LogP contribution in [-0.4, -0.2) is 11.2 Å². The second kappa shape index (κ2) is 5.89. The molecule has 0 atom stereocenters. The van der Waals surface area contributed by atoms with Crippen LogP contribution in [0.15, 0.2) is 18.2 Å². The van der Waals surface area contributed by atoms with E-state index in [-0.39, 0.29) is 0 Å². The Kier molecular flexibility index (Phi) is 4.48. The van der Waals surface area contributed by atoms with Crippen LogP contribution in [0.5, 0.6) is 0 Å². The third kappa shape index (κ3) is 3.73. The van der Waals surface area contributed by atoms with Crippen LogP contribution >= 0.6 is 35.4 Å². The fourth-order valence-electron chi connectivity index (χ4n) is 2.00. The molecule has 1 aromatic rings. The molecule has 2 nitrogen and oxygen atoms in total. The van der Waals surface area contributed by atoms with E-state index in [0.29, 0.717) is 21.2 Å². The maximum absolute atomic E-state index is 6.06. The van der Waals surface area contributed by atoms with E-state index in [9.17, 15) is 0 Å². The van der Waals surface area contributed by atoms with Crippen molar-refractivity contribution in [2.45, 2.75) is 31.7 Å². The Morgan fingerprint density at radius 1 is 1.24 bits per heavy atom. The van der Waals surface area contributed by atoms with E-state index in [2.05, 4.69) is 10.6 Å². The van der Waals surface area contributed by atoms with Crippen molar-refractivity contribution >= 4 is 46.2 Å². The SMILES string of the molecule is S=C(Nc1ccc(Cl)cc1Cl)NC1CCCC1. The fraction of sp³-hybridized carbons (Fsp3) is 0.417. The van der Waals surface area contributed by atoms with Crippen LogP contribution in [0.3, 0.4) is 0 Å². The van der Waals surface area contributed by atoms with Crippen molar-refractivity contribution < 1.29 is 0 Å². The highest BCUT2D eigenvalue weighted by Gasteiger charge is 2.15. The van der Waals surface area contributed by atoms with Gasteiger partial charge in [0.15, 0.2) is 5.11 Å². The van der Waals surface area contributed by atoms with Gasteiger partial charge in [-0.05, 0) is 43.3 Å². The normalized spacial score (nSPS) is 15.9. The van der Waals surface area contributed by atoms with Gasteiger partial charge in [0.25, 0.3) is 0 Å². The molecule has 1 aliphatic rings. The summed E-state index contributed by atoms with van der Waals surface area (Å²) in [7, 11) is 0. The van der Waals surface area contributed by atoms with Gasteiger partial charge >= 0.3 is 0 Å². The third-order valence-electron chi connectivity index (χ3n) is 2.87. The molecule has 0 heterocycles. The van der Waals surface area contributed by atoms with Crippen molar-refractivity contribution in [3.05, 3.63) is 28.2 Å². The summed E-state index contributed by atoms with van der Waals surface area (Å²) in [5, 5.41) is 8.22. The first-order valence-corrected chi connectivity index (χ1v) is 6.84. The molecule has 0 amide bonds. The van der Waals surface area contributed by atoms with Gasteiger partial charge in [-0.25, -0.2) is 0 Å². The smallest absolute Gasteiger partial charge is 0.171 e. The van der Waals surface area contributed by atoms with Gasteiger partial charge in [-0.15, -0.1) is 0 Å². The Hall–Kier alpha value is -0.510. The van der Waals surface area contributed by atoms with Gasteiger partial charge in [-0.2, -0.15) is 0 Å². The Morgan fingerprint density at radius 2 is 1.94 bits per heavy atom. The van der Waals surface area contributed by atoms with Crippen LogP contribution < -0.4 is 10.6 Å². The molecule has 0 unspecified atom stereocenters. The summed E-state index contributed by atoms with van der Waals surface area (Å²) in [5.41, 5.74) is 0.784. The largest absolute Gasteiger partial charge is 0.360 e. The molecular formula is C12H14Cl2N2S. The van der Waals surface area contributed by atoms with E-state index in [4.69, 9.17) is 35.4 Å². The maximum Gasteiger partial charge on any atom is 0.171 e. The quantitative estimate of drug-likeness (QED) is 0.797. The summed E-state index contributed by atoms with van der Waals surface area (Å²) in [6.07, 6.45) is 4.94. The number of hydrogen-bond donors (Lipinski definition) is 2. The molecule has 0 aromatic heterocycles. The minimum Gasteiger partial charge on any atom is -0.360 e. The number of thiocarbonyl (C=S) groups is 1. The number of nitrogens with one attached hydrogen (secondary N) is 2. The first-order valence-electron chi connectivity index (χ1n) is 5.68. The molecule has 0 aliphatic heterocycles. The molecule has 1 aromatic carbocycles. The molecular weight excluding hydrogens is 275 g/mol. The highest BCUT2D eigenvalue weighted by atomic mass is 35.5. The van der Waals surface area contributed by atoms with Crippen molar-refractivity contribution in [2.24, 2.45) is 0 Å². The van der Waals surface area contributed by atoms with E-state index in [1.165, 1.54) is 25.7 Å².